The number of aliphatic hydroxyl groups excluding tert-OH is 1. The molecule has 5 heteroatoms. The standard InChI is InChI=1S/C16H29NO4/c1-11(10-20-5)13-8-12(9-18)6-7-14(13)17-15(19)21-16(2,3)4/h12-14,18H,1,6-10H2,2-5H3,(H,17,19)/t12-,13-,14?/m0/s1. The van der Waals surface area contributed by atoms with E-state index in [0.29, 0.717) is 6.61 Å². The van der Waals surface area contributed by atoms with E-state index in [-0.39, 0.29) is 24.5 Å². The summed E-state index contributed by atoms with van der Waals surface area (Å²) >= 11 is 0. The molecule has 0 spiro atoms. The lowest BCUT2D eigenvalue weighted by Gasteiger charge is -2.37. The van der Waals surface area contributed by atoms with Gasteiger partial charge in [-0.15, -0.1) is 0 Å². The Morgan fingerprint density at radius 2 is 2.05 bits per heavy atom. The minimum absolute atomic E-state index is 0.00898. The summed E-state index contributed by atoms with van der Waals surface area (Å²) in [6, 6.07) is -0.00898. The van der Waals surface area contributed by atoms with Gasteiger partial charge in [0.25, 0.3) is 0 Å². The molecule has 21 heavy (non-hydrogen) atoms. The van der Waals surface area contributed by atoms with Crippen LogP contribution in [-0.2, 0) is 9.47 Å². The number of carbonyl (C=O) groups is 1. The lowest BCUT2D eigenvalue weighted by molar-refractivity contribution is 0.0451. The molecule has 1 fully saturated rings. The van der Waals surface area contributed by atoms with Crippen molar-refractivity contribution in [2.75, 3.05) is 20.3 Å². The van der Waals surface area contributed by atoms with E-state index in [9.17, 15) is 9.90 Å². The van der Waals surface area contributed by atoms with Gasteiger partial charge in [0.15, 0.2) is 0 Å². The van der Waals surface area contributed by atoms with E-state index in [1.54, 1.807) is 7.11 Å². The van der Waals surface area contributed by atoms with Crippen LogP contribution in [0.3, 0.4) is 0 Å². The quantitative estimate of drug-likeness (QED) is 0.765. The van der Waals surface area contributed by atoms with Gasteiger partial charge < -0.3 is 19.9 Å². The summed E-state index contributed by atoms with van der Waals surface area (Å²) < 4.78 is 10.5. The summed E-state index contributed by atoms with van der Waals surface area (Å²) in [7, 11) is 1.63. The number of methoxy groups -OCH3 is 1. The molecule has 1 rings (SSSR count). The van der Waals surface area contributed by atoms with Crippen molar-refractivity contribution in [2.45, 2.75) is 51.7 Å². The largest absolute Gasteiger partial charge is 0.444 e. The Kier molecular flexibility index (Phi) is 6.68. The predicted molar refractivity (Wildman–Crippen MR) is 82.1 cm³/mol. The van der Waals surface area contributed by atoms with Crippen LogP contribution in [0.15, 0.2) is 12.2 Å². The number of hydrogen-bond donors (Lipinski definition) is 2. The average molecular weight is 299 g/mol. The Bertz CT molecular complexity index is 362. The van der Waals surface area contributed by atoms with E-state index >= 15 is 0 Å². The fourth-order valence-electron chi connectivity index (χ4n) is 2.80. The predicted octanol–water partition coefficient (Wildman–Crippen LogP) is 2.49. The van der Waals surface area contributed by atoms with Crippen LogP contribution >= 0.6 is 0 Å². The van der Waals surface area contributed by atoms with E-state index in [1.807, 2.05) is 20.8 Å². The fraction of sp³-hybridized carbons (Fsp3) is 0.812. The molecular formula is C16H29NO4. The molecule has 5 nitrogen and oxygen atoms in total. The van der Waals surface area contributed by atoms with Gasteiger partial charge in [0, 0.05) is 25.7 Å². The summed E-state index contributed by atoms with van der Waals surface area (Å²) in [6.07, 6.45) is 2.13. The topological polar surface area (TPSA) is 67.8 Å². The van der Waals surface area contributed by atoms with Crippen molar-refractivity contribution in [3.63, 3.8) is 0 Å². The number of hydrogen-bond acceptors (Lipinski definition) is 4. The number of ether oxygens (including phenoxy) is 2. The SMILES string of the molecule is C=C(COC)[C@@H]1C[C@@H](CO)CCC1NC(=O)OC(C)(C)C. The lowest BCUT2D eigenvalue weighted by Crippen LogP contribution is -2.46. The normalized spacial score (nSPS) is 26.2. The highest BCUT2D eigenvalue weighted by Gasteiger charge is 2.33. The second-order valence-electron chi connectivity index (χ2n) is 6.81. The number of amides is 1. The second-order valence-corrected chi connectivity index (χ2v) is 6.81. The summed E-state index contributed by atoms with van der Waals surface area (Å²) in [5, 5.41) is 12.3. The molecule has 0 aromatic carbocycles. The minimum Gasteiger partial charge on any atom is -0.444 e. The van der Waals surface area contributed by atoms with E-state index in [4.69, 9.17) is 9.47 Å². The zero-order valence-electron chi connectivity index (χ0n) is 13.6. The molecule has 2 N–H and O–H groups in total. The third-order valence-corrected chi connectivity index (χ3v) is 3.77. The number of rotatable bonds is 5. The van der Waals surface area contributed by atoms with Crippen molar-refractivity contribution in [3.8, 4) is 0 Å². The maximum Gasteiger partial charge on any atom is 0.407 e. The van der Waals surface area contributed by atoms with Gasteiger partial charge in [0.1, 0.15) is 5.60 Å². The number of carbonyl (C=O) groups excluding carboxylic acids is 1. The third kappa shape index (κ3) is 6.06. The smallest absolute Gasteiger partial charge is 0.407 e. The highest BCUT2D eigenvalue weighted by Crippen LogP contribution is 2.33. The van der Waals surface area contributed by atoms with Crippen molar-refractivity contribution in [2.24, 2.45) is 11.8 Å². The molecule has 1 aliphatic carbocycles. The van der Waals surface area contributed by atoms with E-state index in [2.05, 4.69) is 11.9 Å². The van der Waals surface area contributed by atoms with Gasteiger partial charge in [-0.2, -0.15) is 0 Å². The number of nitrogens with one attached hydrogen (secondary N) is 1. The molecule has 3 atom stereocenters. The van der Waals surface area contributed by atoms with Crippen molar-refractivity contribution in [1.29, 1.82) is 0 Å². The molecule has 0 aromatic rings. The van der Waals surface area contributed by atoms with Crippen LogP contribution in [0.5, 0.6) is 0 Å². The molecule has 0 radical (unpaired) electrons. The minimum atomic E-state index is -0.509. The van der Waals surface area contributed by atoms with Crippen LogP contribution in [0, 0.1) is 11.8 Å². The Labute approximate surface area is 127 Å². The van der Waals surface area contributed by atoms with Crippen molar-refractivity contribution >= 4 is 6.09 Å². The first kappa shape index (κ1) is 18.0. The molecular weight excluding hydrogens is 270 g/mol. The highest BCUT2D eigenvalue weighted by atomic mass is 16.6. The van der Waals surface area contributed by atoms with Crippen molar-refractivity contribution in [3.05, 3.63) is 12.2 Å². The molecule has 1 aliphatic rings. The van der Waals surface area contributed by atoms with E-state index < -0.39 is 11.7 Å². The average Bonchev–Trinajstić information content (AvgIpc) is 2.37. The van der Waals surface area contributed by atoms with Gasteiger partial charge in [-0.1, -0.05) is 6.58 Å². The number of alkyl carbamates (subject to hydrolysis) is 1. The Hall–Kier alpha value is -1.07. The molecule has 122 valence electrons. The van der Waals surface area contributed by atoms with Gasteiger partial charge in [-0.05, 0) is 51.5 Å². The zero-order valence-corrected chi connectivity index (χ0v) is 13.6. The van der Waals surface area contributed by atoms with Crippen molar-refractivity contribution < 1.29 is 19.4 Å². The number of aliphatic hydroxyl groups is 1. The first-order valence-electron chi connectivity index (χ1n) is 7.53. The van der Waals surface area contributed by atoms with Crippen LogP contribution in [0.1, 0.15) is 40.0 Å². The first-order valence-corrected chi connectivity index (χ1v) is 7.53. The maximum atomic E-state index is 12.0. The zero-order chi connectivity index (χ0) is 16.0. The molecule has 0 aliphatic heterocycles. The first-order chi connectivity index (χ1) is 9.76. The summed E-state index contributed by atoms with van der Waals surface area (Å²) in [4.78, 5) is 12.0. The molecule has 1 saturated carbocycles. The van der Waals surface area contributed by atoms with Crippen molar-refractivity contribution in [1.82, 2.24) is 5.32 Å². The molecule has 0 aromatic heterocycles. The van der Waals surface area contributed by atoms with Gasteiger partial charge in [-0.25, -0.2) is 4.79 Å². The summed E-state index contributed by atoms with van der Waals surface area (Å²) in [6.45, 7) is 10.2. The van der Waals surface area contributed by atoms with Crippen LogP contribution in [0.4, 0.5) is 4.79 Å². The molecule has 1 unspecified atom stereocenters. The fourth-order valence-corrected chi connectivity index (χ4v) is 2.80. The maximum absolute atomic E-state index is 12.0. The third-order valence-electron chi connectivity index (χ3n) is 3.77. The van der Waals surface area contributed by atoms with Gasteiger partial charge in [0.2, 0.25) is 0 Å². The summed E-state index contributed by atoms with van der Waals surface area (Å²) in [5.74, 6) is 0.378. The Morgan fingerprint density at radius 1 is 1.38 bits per heavy atom. The van der Waals surface area contributed by atoms with Gasteiger partial charge in [-0.3, -0.25) is 0 Å². The van der Waals surface area contributed by atoms with E-state index in [1.165, 1.54) is 0 Å². The van der Waals surface area contributed by atoms with Crippen LogP contribution in [-0.4, -0.2) is 43.2 Å². The van der Waals surface area contributed by atoms with Crippen LogP contribution in [0.25, 0.3) is 0 Å². The van der Waals surface area contributed by atoms with E-state index in [0.717, 1.165) is 24.8 Å². The Morgan fingerprint density at radius 3 is 2.57 bits per heavy atom. The Balaban J connectivity index is 2.68. The van der Waals surface area contributed by atoms with Gasteiger partial charge in [0.05, 0.1) is 6.61 Å². The monoisotopic (exact) mass is 299 g/mol. The lowest BCUT2D eigenvalue weighted by atomic mass is 9.75. The molecule has 0 heterocycles. The second kappa shape index (κ2) is 7.80. The van der Waals surface area contributed by atoms with Crippen LogP contribution in [0.2, 0.25) is 0 Å². The molecule has 0 bridgehead atoms. The molecule has 1 amide bonds. The molecule has 0 saturated heterocycles. The van der Waals surface area contributed by atoms with Gasteiger partial charge >= 0.3 is 6.09 Å². The summed E-state index contributed by atoms with van der Waals surface area (Å²) in [5.41, 5.74) is 0.447. The van der Waals surface area contributed by atoms with Crippen LogP contribution < -0.4 is 5.32 Å². The highest BCUT2D eigenvalue weighted by molar-refractivity contribution is 5.68.